The molecule has 0 fully saturated rings. The Morgan fingerprint density at radius 2 is 1.78 bits per heavy atom. The van der Waals surface area contributed by atoms with Crippen molar-refractivity contribution in [2.24, 2.45) is 0 Å². The number of halogens is 6. The summed E-state index contributed by atoms with van der Waals surface area (Å²) in [7, 11) is 0. The summed E-state index contributed by atoms with van der Waals surface area (Å²) in [6.45, 7) is 1.64. The van der Waals surface area contributed by atoms with Gasteiger partial charge in [-0.25, -0.2) is 4.39 Å². The molecule has 0 aromatic rings. The lowest BCUT2D eigenvalue weighted by Crippen LogP contribution is -2.38. The van der Waals surface area contributed by atoms with E-state index in [2.05, 4.69) is 0 Å². The molecule has 8 heteroatoms. The van der Waals surface area contributed by atoms with Crippen LogP contribution in [0.15, 0.2) is 0 Å². The van der Waals surface area contributed by atoms with E-state index in [-0.39, 0.29) is 17.3 Å². The highest BCUT2D eigenvalue weighted by Crippen LogP contribution is 2.39. The Hall–Kier alpha value is -0.400. The fraction of sp³-hybridized carbons (Fsp3) is 0.900. The van der Waals surface area contributed by atoms with E-state index >= 15 is 0 Å². The standard InChI is InChI=1S/C10H14F6OS/c1-2-8(17)18-5-3-4-7(11)6-9(12,13)10(14,15)16/h7H,2-6H2,1H3. The number of rotatable bonds is 7. The summed E-state index contributed by atoms with van der Waals surface area (Å²) in [5.41, 5.74) is 0. The molecule has 0 bridgehead atoms. The van der Waals surface area contributed by atoms with Gasteiger partial charge in [-0.2, -0.15) is 22.0 Å². The van der Waals surface area contributed by atoms with E-state index in [9.17, 15) is 31.1 Å². The summed E-state index contributed by atoms with van der Waals surface area (Å²) < 4.78 is 73.2. The van der Waals surface area contributed by atoms with Crippen molar-refractivity contribution in [2.75, 3.05) is 5.75 Å². The molecule has 0 N–H and O–H groups in total. The van der Waals surface area contributed by atoms with Crippen molar-refractivity contribution < 1.29 is 31.1 Å². The zero-order chi connectivity index (χ0) is 14.4. The summed E-state index contributed by atoms with van der Waals surface area (Å²) in [5.74, 6) is -4.77. The van der Waals surface area contributed by atoms with Crippen molar-refractivity contribution in [3.8, 4) is 0 Å². The lowest BCUT2D eigenvalue weighted by molar-refractivity contribution is -0.288. The first-order chi connectivity index (χ1) is 8.10. The Kier molecular flexibility index (Phi) is 7.09. The summed E-state index contributed by atoms with van der Waals surface area (Å²) in [5, 5.41) is -0.119. The summed E-state index contributed by atoms with van der Waals surface area (Å²) in [6.07, 6.45) is -9.82. The third-order valence-electron chi connectivity index (χ3n) is 2.11. The molecule has 0 aromatic carbocycles. The molecular formula is C10H14F6OS. The van der Waals surface area contributed by atoms with E-state index in [1.54, 1.807) is 6.92 Å². The van der Waals surface area contributed by atoms with Gasteiger partial charge < -0.3 is 0 Å². The highest BCUT2D eigenvalue weighted by atomic mass is 32.2. The topological polar surface area (TPSA) is 17.1 Å². The van der Waals surface area contributed by atoms with Crippen molar-refractivity contribution in [1.82, 2.24) is 0 Å². The third kappa shape index (κ3) is 6.51. The maximum atomic E-state index is 13.0. The second kappa shape index (κ2) is 7.25. The van der Waals surface area contributed by atoms with Crippen molar-refractivity contribution >= 4 is 16.9 Å². The zero-order valence-electron chi connectivity index (χ0n) is 9.70. The van der Waals surface area contributed by atoms with Crippen LogP contribution in [0, 0.1) is 0 Å². The van der Waals surface area contributed by atoms with Crippen LogP contribution in [0.5, 0.6) is 0 Å². The molecule has 0 saturated heterocycles. The molecular weight excluding hydrogens is 282 g/mol. The van der Waals surface area contributed by atoms with Gasteiger partial charge in [-0.05, 0) is 12.8 Å². The first-order valence-corrected chi connectivity index (χ1v) is 6.33. The van der Waals surface area contributed by atoms with E-state index in [1.807, 2.05) is 0 Å². The van der Waals surface area contributed by atoms with Crippen LogP contribution >= 0.6 is 11.8 Å². The minimum absolute atomic E-state index is 0.0888. The minimum atomic E-state index is -5.72. The molecule has 0 aliphatic heterocycles. The molecule has 0 amide bonds. The van der Waals surface area contributed by atoms with Crippen molar-refractivity contribution in [3.05, 3.63) is 0 Å². The molecule has 0 saturated carbocycles. The van der Waals surface area contributed by atoms with Crippen molar-refractivity contribution in [2.45, 2.75) is 50.9 Å². The van der Waals surface area contributed by atoms with Gasteiger partial charge >= 0.3 is 12.1 Å². The Bertz CT molecular complexity index is 266. The number of hydrogen-bond donors (Lipinski definition) is 0. The molecule has 0 spiro atoms. The predicted octanol–water partition coefficient (Wildman–Crippen LogP) is 4.36. The second-order valence-electron chi connectivity index (χ2n) is 3.72. The molecule has 0 radical (unpaired) electrons. The number of thioether (sulfide) groups is 1. The predicted molar refractivity (Wildman–Crippen MR) is 57.5 cm³/mol. The highest BCUT2D eigenvalue weighted by molar-refractivity contribution is 8.13. The molecule has 108 valence electrons. The maximum absolute atomic E-state index is 13.0. The Balaban J connectivity index is 3.91. The minimum Gasteiger partial charge on any atom is -0.287 e. The van der Waals surface area contributed by atoms with E-state index in [1.165, 1.54) is 0 Å². The number of carbonyl (C=O) groups excluding carboxylic acids is 1. The summed E-state index contributed by atoms with van der Waals surface area (Å²) in [6, 6.07) is 0. The van der Waals surface area contributed by atoms with Gasteiger partial charge in [0, 0.05) is 12.2 Å². The molecule has 18 heavy (non-hydrogen) atoms. The summed E-state index contributed by atoms with van der Waals surface area (Å²) >= 11 is 0.927. The Morgan fingerprint density at radius 3 is 2.22 bits per heavy atom. The third-order valence-corrected chi connectivity index (χ3v) is 3.21. The SMILES string of the molecule is CCC(=O)SCCCC(F)CC(F)(F)C(F)(F)F. The Morgan fingerprint density at radius 1 is 1.22 bits per heavy atom. The van der Waals surface area contributed by atoms with E-state index in [0.717, 1.165) is 11.8 Å². The molecule has 0 aliphatic rings. The molecule has 0 aliphatic carbocycles. The molecule has 0 heterocycles. The monoisotopic (exact) mass is 296 g/mol. The lowest BCUT2D eigenvalue weighted by atomic mass is 10.1. The number of carbonyl (C=O) groups is 1. The van der Waals surface area contributed by atoms with Crippen LogP contribution in [0.3, 0.4) is 0 Å². The van der Waals surface area contributed by atoms with Gasteiger partial charge in [0.2, 0.25) is 0 Å². The molecule has 1 unspecified atom stereocenters. The van der Waals surface area contributed by atoms with Gasteiger partial charge in [-0.3, -0.25) is 4.79 Å². The van der Waals surface area contributed by atoms with Crippen LogP contribution in [-0.2, 0) is 4.79 Å². The smallest absolute Gasteiger partial charge is 0.287 e. The van der Waals surface area contributed by atoms with Crippen molar-refractivity contribution in [3.63, 3.8) is 0 Å². The fourth-order valence-electron chi connectivity index (χ4n) is 1.09. The highest BCUT2D eigenvalue weighted by Gasteiger charge is 2.58. The van der Waals surface area contributed by atoms with Crippen LogP contribution in [0.4, 0.5) is 26.3 Å². The second-order valence-corrected chi connectivity index (χ2v) is 4.87. The largest absolute Gasteiger partial charge is 0.453 e. The zero-order valence-corrected chi connectivity index (χ0v) is 10.5. The van der Waals surface area contributed by atoms with E-state index in [0.29, 0.717) is 6.42 Å². The van der Waals surface area contributed by atoms with Crippen LogP contribution < -0.4 is 0 Å². The van der Waals surface area contributed by atoms with Crippen LogP contribution in [0.2, 0.25) is 0 Å². The van der Waals surface area contributed by atoms with Crippen LogP contribution in [-0.4, -0.2) is 29.1 Å². The van der Waals surface area contributed by atoms with E-state index in [4.69, 9.17) is 0 Å². The van der Waals surface area contributed by atoms with Gasteiger partial charge in [0.05, 0.1) is 6.42 Å². The van der Waals surface area contributed by atoms with Gasteiger partial charge in [0.1, 0.15) is 6.17 Å². The van der Waals surface area contributed by atoms with Gasteiger partial charge in [0.25, 0.3) is 0 Å². The summed E-state index contributed by atoms with van der Waals surface area (Å²) in [4.78, 5) is 10.8. The molecule has 0 aromatic heterocycles. The lowest BCUT2D eigenvalue weighted by Gasteiger charge is -2.21. The first kappa shape index (κ1) is 17.6. The van der Waals surface area contributed by atoms with Gasteiger partial charge in [0.15, 0.2) is 5.12 Å². The average Bonchev–Trinajstić information content (AvgIpc) is 2.21. The average molecular weight is 296 g/mol. The van der Waals surface area contributed by atoms with Crippen LogP contribution in [0.25, 0.3) is 0 Å². The van der Waals surface area contributed by atoms with Gasteiger partial charge in [-0.1, -0.05) is 18.7 Å². The fourth-order valence-corrected chi connectivity index (χ4v) is 1.83. The first-order valence-electron chi connectivity index (χ1n) is 5.34. The maximum Gasteiger partial charge on any atom is 0.453 e. The Labute approximate surface area is 105 Å². The van der Waals surface area contributed by atoms with Gasteiger partial charge in [-0.15, -0.1) is 0 Å². The number of hydrogen-bond acceptors (Lipinski definition) is 2. The number of alkyl halides is 6. The normalized spacial score (nSPS) is 14.6. The van der Waals surface area contributed by atoms with Crippen LogP contribution in [0.1, 0.15) is 32.6 Å². The molecule has 1 atom stereocenters. The van der Waals surface area contributed by atoms with Crippen molar-refractivity contribution in [1.29, 1.82) is 0 Å². The molecule has 1 nitrogen and oxygen atoms in total. The molecule has 0 rings (SSSR count). The quantitative estimate of drug-likeness (QED) is 0.513. The van der Waals surface area contributed by atoms with E-state index < -0.39 is 31.1 Å².